The van der Waals surface area contributed by atoms with E-state index in [1.54, 1.807) is 0 Å². The minimum Gasteiger partial charge on any atom is -0.372 e. The first-order chi connectivity index (χ1) is 7.17. The Bertz CT molecular complexity index is 299. The molecule has 0 radical (unpaired) electrons. The van der Waals surface area contributed by atoms with Crippen LogP contribution in [0.2, 0.25) is 0 Å². The van der Waals surface area contributed by atoms with Gasteiger partial charge >= 0.3 is 0 Å². The number of aromatic nitrogens is 2. The number of hydrogen-bond acceptors (Lipinski definition) is 2. The normalized spacial score (nSPS) is 13.1. The minimum atomic E-state index is 0.317. The van der Waals surface area contributed by atoms with Crippen LogP contribution in [0.1, 0.15) is 39.3 Å². The molecule has 1 heterocycles. The second-order valence-corrected chi connectivity index (χ2v) is 4.88. The van der Waals surface area contributed by atoms with E-state index in [4.69, 9.17) is 4.74 Å². The van der Waals surface area contributed by atoms with Gasteiger partial charge in [-0.25, -0.2) is 0 Å². The number of ether oxygens (including phenoxy) is 1. The molecular weight excluding hydrogens is 303 g/mol. The average Bonchev–Trinajstić information content (AvgIpc) is 2.56. The molecular formula is C11H19IN2O. The summed E-state index contributed by atoms with van der Waals surface area (Å²) in [5.41, 5.74) is 1.06. The van der Waals surface area contributed by atoms with Crippen LogP contribution in [-0.4, -0.2) is 15.9 Å². The molecule has 0 N–H and O–H groups in total. The topological polar surface area (TPSA) is 27.1 Å². The van der Waals surface area contributed by atoms with Crippen molar-refractivity contribution >= 4 is 22.6 Å². The lowest BCUT2D eigenvalue weighted by molar-refractivity contribution is 0.0482. The molecule has 15 heavy (non-hydrogen) atoms. The summed E-state index contributed by atoms with van der Waals surface area (Å²) in [6.07, 6.45) is 4.56. The molecule has 0 amide bonds. The van der Waals surface area contributed by atoms with Gasteiger partial charge < -0.3 is 4.74 Å². The number of hydrogen-bond donors (Lipinski definition) is 0. The van der Waals surface area contributed by atoms with E-state index in [1.165, 1.54) is 3.57 Å². The summed E-state index contributed by atoms with van der Waals surface area (Å²) >= 11 is 2.32. The monoisotopic (exact) mass is 322 g/mol. The third kappa shape index (κ3) is 4.10. The molecule has 1 rings (SSSR count). The molecule has 0 fully saturated rings. The molecule has 0 aliphatic heterocycles. The Labute approximate surface area is 105 Å². The zero-order valence-corrected chi connectivity index (χ0v) is 11.8. The Balaban J connectivity index is 2.53. The number of rotatable bonds is 6. The summed E-state index contributed by atoms with van der Waals surface area (Å²) in [5.74, 6) is 0. The summed E-state index contributed by atoms with van der Waals surface area (Å²) < 4.78 is 8.86. The van der Waals surface area contributed by atoms with Crippen LogP contribution in [0.5, 0.6) is 0 Å². The summed E-state index contributed by atoms with van der Waals surface area (Å²) in [5, 5.41) is 4.49. The third-order valence-electron chi connectivity index (χ3n) is 2.32. The quantitative estimate of drug-likeness (QED) is 0.752. The molecule has 0 aliphatic carbocycles. The summed E-state index contributed by atoms with van der Waals surface area (Å²) in [6, 6.07) is 0. The van der Waals surface area contributed by atoms with Gasteiger partial charge in [-0.2, -0.15) is 5.10 Å². The standard InChI is InChI=1S/C11H19IN2O/c1-4-6-14-7-10(12)11(13-14)8-15-9(3)5-2/h7,9H,4-6,8H2,1-3H3/t9-/m1/s1. The third-order valence-corrected chi connectivity index (χ3v) is 3.22. The first kappa shape index (κ1) is 13.0. The van der Waals surface area contributed by atoms with Crippen LogP contribution in [0.4, 0.5) is 0 Å². The molecule has 0 unspecified atom stereocenters. The van der Waals surface area contributed by atoms with Gasteiger partial charge in [0.1, 0.15) is 5.69 Å². The van der Waals surface area contributed by atoms with E-state index in [1.807, 2.05) is 4.68 Å². The highest BCUT2D eigenvalue weighted by molar-refractivity contribution is 14.1. The maximum atomic E-state index is 5.67. The van der Waals surface area contributed by atoms with Crippen molar-refractivity contribution in [2.75, 3.05) is 0 Å². The second-order valence-electron chi connectivity index (χ2n) is 3.72. The Hall–Kier alpha value is -0.100. The fourth-order valence-electron chi connectivity index (χ4n) is 1.22. The largest absolute Gasteiger partial charge is 0.372 e. The highest BCUT2D eigenvalue weighted by Crippen LogP contribution is 2.13. The van der Waals surface area contributed by atoms with E-state index in [9.17, 15) is 0 Å². The van der Waals surface area contributed by atoms with Gasteiger partial charge in [0, 0.05) is 12.7 Å². The SMILES string of the molecule is CCCn1cc(I)c(CO[C@H](C)CC)n1. The Kier molecular flexibility index (Phi) is 5.60. The van der Waals surface area contributed by atoms with Crippen molar-refractivity contribution in [2.24, 2.45) is 0 Å². The molecule has 4 heteroatoms. The fraction of sp³-hybridized carbons (Fsp3) is 0.727. The molecule has 3 nitrogen and oxygen atoms in total. The summed E-state index contributed by atoms with van der Waals surface area (Å²) in [4.78, 5) is 0. The van der Waals surface area contributed by atoms with Gasteiger partial charge in [-0.3, -0.25) is 4.68 Å². The van der Waals surface area contributed by atoms with Crippen LogP contribution in [0.25, 0.3) is 0 Å². The lowest BCUT2D eigenvalue weighted by atomic mass is 10.3. The Morgan fingerprint density at radius 2 is 2.27 bits per heavy atom. The van der Waals surface area contributed by atoms with E-state index in [0.29, 0.717) is 12.7 Å². The highest BCUT2D eigenvalue weighted by atomic mass is 127. The summed E-state index contributed by atoms with van der Waals surface area (Å²) in [7, 11) is 0. The van der Waals surface area contributed by atoms with Gasteiger partial charge in [0.05, 0.1) is 16.3 Å². The van der Waals surface area contributed by atoms with Crippen molar-refractivity contribution in [3.8, 4) is 0 Å². The van der Waals surface area contributed by atoms with Gasteiger partial charge in [0.2, 0.25) is 0 Å². The molecule has 0 aromatic carbocycles. The van der Waals surface area contributed by atoms with E-state index >= 15 is 0 Å². The molecule has 0 saturated heterocycles. The van der Waals surface area contributed by atoms with E-state index in [-0.39, 0.29) is 0 Å². The number of nitrogens with zero attached hydrogens (tertiary/aromatic N) is 2. The van der Waals surface area contributed by atoms with Gasteiger partial charge in [-0.1, -0.05) is 13.8 Å². The van der Waals surface area contributed by atoms with Crippen LogP contribution < -0.4 is 0 Å². The molecule has 0 spiro atoms. The predicted octanol–water partition coefficient (Wildman–Crippen LogP) is 3.21. The first-order valence-corrected chi connectivity index (χ1v) is 6.58. The van der Waals surface area contributed by atoms with Crippen LogP contribution in [0, 0.1) is 3.57 Å². The van der Waals surface area contributed by atoms with Crippen molar-refractivity contribution in [1.82, 2.24) is 9.78 Å². The molecule has 0 aliphatic rings. The van der Waals surface area contributed by atoms with Gasteiger partial charge in [0.25, 0.3) is 0 Å². The number of aryl methyl sites for hydroxylation is 1. The maximum Gasteiger partial charge on any atom is 0.101 e. The zero-order chi connectivity index (χ0) is 11.3. The van der Waals surface area contributed by atoms with Crippen molar-refractivity contribution < 1.29 is 4.74 Å². The van der Waals surface area contributed by atoms with Gasteiger partial charge in [0.15, 0.2) is 0 Å². The van der Waals surface area contributed by atoms with E-state index < -0.39 is 0 Å². The fourth-order valence-corrected chi connectivity index (χ4v) is 1.80. The Morgan fingerprint density at radius 1 is 1.53 bits per heavy atom. The Morgan fingerprint density at radius 3 is 2.87 bits per heavy atom. The van der Waals surface area contributed by atoms with Crippen molar-refractivity contribution in [3.05, 3.63) is 15.5 Å². The van der Waals surface area contributed by atoms with Crippen LogP contribution in [0.15, 0.2) is 6.20 Å². The molecule has 1 aromatic rings. The van der Waals surface area contributed by atoms with Gasteiger partial charge in [-0.15, -0.1) is 0 Å². The van der Waals surface area contributed by atoms with Crippen molar-refractivity contribution in [1.29, 1.82) is 0 Å². The van der Waals surface area contributed by atoms with Crippen LogP contribution in [-0.2, 0) is 17.9 Å². The lowest BCUT2D eigenvalue weighted by Gasteiger charge is -2.08. The second kappa shape index (κ2) is 6.48. The van der Waals surface area contributed by atoms with Crippen LogP contribution in [0.3, 0.4) is 0 Å². The molecule has 86 valence electrons. The highest BCUT2D eigenvalue weighted by Gasteiger charge is 2.07. The van der Waals surface area contributed by atoms with E-state index in [2.05, 4.69) is 54.7 Å². The zero-order valence-electron chi connectivity index (χ0n) is 9.66. The number of halogens is 1. The average molecular weight is 322 g/mol. The first-order valence-electron chi connectivity index (χ1n) is 5.50. The molecule has 0 bridgehead atoms. The minimum absolute atomic E-state index is 0.317. The van der Waals surface area contributed by atoms with Crippen molar-refractivity contribution in [3.63, 3.8) is 0 Å². The van der Waals surface area contributed by atoms with E-state index in [0.717, 1.165) is 25.1 Å². The van der Waals surface area contributed by atoms with Crippen molar-refractivity contribution in [2.45, 2.75) is 52.9 Å². The van der Waals surface area contributed by atoms with Crippen LogP contribution >= 0.6 is 22.6 Å². The predicted molar refractivity (Wildman–Crippen MR) is 69.8 cm³/mol. The van der Waals surface area contributed by atoms with Gasteiger partial charge in [-0.05, 0) is 42.4 Å². The maximum absolute atomic E-state index is 5.67. The molecule has 0 saturated carbocycles. The summed E-state index contributed by atoms with van der Waals surface area (Å²) in [6.45, 7) is 7.99. The molecule has 1 atom stereocenters. The smallest absolute Gasteiger partial charge is 0.101 e. The molecule has 1 aromatic heterocycles. The lowest BCUT2D eigenvalue weighted by Crippen LogP contribution is -2.07.